The zero-order chi connectivity index (χ0) is 18.6. The van der Waals surface area contributed by atoms with E-state index in [1.807, 2.05) is 25.8 Å². The van der Waals surface area contributed by atoms with Crippen LogP contribution in [0.4, 0.5) is 20.6 Å². The van der Waals surface area contributed by atoms with Crippen LogP contribution in [0.1, 0.15) is 25.5 Å². The molecular formula is C17H24FN5O2. The molecule has 8 heteroatoms. The minimum Gasteiger partial charge on any atom is -0.386 e. The van der Waals surface area contributed by atoms with Crippen LogP contribution in [0.3, 0.4) is 0 Å². The summed E-state index contributed by atoms with van der Waals surface area (Å²) in [5, 5.41) is 19.0. The van der Waals surface area contributed by atoms with Crippen molar-refractivity contribution in [1.82, 2.24) is 15.1 Å². The van der Waals surface area contributed by atoms with Crippen molar-refractivity contribution >= 4 is 17.4 Å². The van der Waals surface area contributed by atoms with Gasteiger partial charge < -0.3 is 20.6 Å². The number of urea groups is 1. The number of hydrogen-bond donors (Lipinski definition) is 3. The first kappa shape index (κ1) is 18.7. The third-order valence-corrected chi connectivity index (χ3v) is 3.93. The maximum atomic E-state index is 14.2. The predicted molar refractivity (Wildman–Crippen MR) is 95.1 cm³/mol. The summed E-state index contributed by atoms with van der Waals surface area (Å²) < 4.78 is 15.8. The summed E-state index contributed by atoms with van der Waals surface area (Å²) in [7, 11) is 3.55. The van der Waals surface area contributed by atoms with Gasteiger partial charge in [-0.2, -0.15) is 5.10 Å². The normalized spacial score (nSPS) is 12.1. The van der Waals surface area contributed by atoms with E-state index in [4.69, 9.17) is 0 Å². The molecule has 0 aliphatic rings. The van der Waals surface area contributed by atoms with E-state index in [2.05, 4.69) is 15.7 Å². The number of nitrogens with one attached hydrogen (secondary N) is 2. The largest absolute Gasteiger partial charge is 0.386 e. The summed E-state index contributed by atoms with van der Waals surface area (Å²) in [4.78, 5) is 13.7. The Kier molecular flexibility index (Phi) is 5.97. The molecule has 1 aromatic carbocycles. The van der Waals surface area contributed by atoms with Crippen LogP contribution < -0.4 is 15.5 Å². The molecule has 1 aromatic heterocycles. The molecule has 3 N–H and O–H groups in total. The molecule has 7 nitrogen and oxygen atoms in total. The summed E-state index contributed by atoms with van der Waals surface area (Å²) in [6.45, 7) is 3.95. The zero-order valence-corrected chi connectivity index (χ0v) is 14.8. The van der Waals surface area contributed by atoms with Crippen molar-refractivity contribution < 1.29 is 14.3 Å². The maximum Gasteiger partial charge on any atom is 0.319 e. The van der Waals surface area contributed by atoms with Crippen LogP contribution in [0.5, 0.6) is 0 Å². The number of nitrogens with zero attached hydrogens (tertiary/aromatic N) is 3. The van der Waals surface area contributed by atoms with Crippen LogP contribution >= 0.6 is 0 Å². The fraction of sp³-hybridized carbons (Fsp3) is 0.412. The van der Waals surface area contributed by atoms with Gasteiger partial charge in [0.1, 0.15) is 5.82 Å². The van der Waals surface area contributed by atoms with Crippen molar-refractivity contribution in [2.45, 2.75) is 26.0 Å². The number of benzene rings is 1. The van der Waals surface area contributed by atoms with Gasteiger partial charge in [0.15, 0.2) is 0 Å². The summed E-state index contributed by atoms with van der Waals surface area (Å²) in [6, 6.07) is 4.16. The highest BCUT2D eigenvalue weighted by Crippen LogP contribution is 2.23. The molecule has 2 amide bonds. The molecule has 25 heavy (non-hydrogen) atoms. The van der Waals surface area contributed by atoms with Crippen LogP contribution in [0.25, 0.3) is 0 Å². The molecule has 1 heterocycles. The first-order valence-corrected chi connectivity index (χ1v) is 8.01. The van der Waals surface area contributed by atoms with Crippen LogP contribution in [0.2, 0.25) is 0 Å². The average Bonchev–Trinajstić information content (AvgIpc) is 2.98. The lowest BCUT2D eigenvalue weighted by Gasteiger charge is -2.24. The molecule has 0 bridgehead atoms. The van der Waals surface area contributed by atoms with E-state index in [1.165, 1.54) is 12.3 Å². The monoisotopic (exact) mass is 349 g/mol. The van der Waals surface area contributed by atoms with E-state index in [-0.39, 0.29) is 12.6 Å². The van der Waals surface area contributed by atoms with Crippen molar-refractivity contribution in [2.75, 3.05) is 23.8 Å². The number of aliphatic hydroxyl groups is 1. The van der Waals surface area contributed by atoms with E-state index < -0.39 is 18.0 Å². The van der Waals surface area contributed by atoms with Crippen molar-refractivity contribution in [3.63, 3.8) is 0 Å². The number of carbonyl (C=O) groups excluding carboxylic acids is 1. The number of carbonyl (C=O) groups is 1. The lowest BCUT2D eigenvalue weighted by Crippen LogP contribution is -2.32. The number of anilines is 2. The maximum absolute atomic E-state index is 14.2. The Bertz CT molecular complexity index is 732. The minimum absolute atomic E-state index is 0.0220. The zero-order valence-electron chi connectivity index (χ0n) is 14.8. The third kappa shape index (κ3) is 4.93. The molecule has 0 aliphatic heterocycles. The van der Waals surface area contributed by atoms with Crippen molar-refractivity contribution in [3.05, 3.63) is 42.0 Å². The second-order valence-corrected chi connectivity index (χ2v) is 6.17. The first-order chi connectivity index (χ1) is 11.8. The topological polar surface area (TPSA) is 82.4 Å². The average molecular weight is 349 g/mol. The Morgan fingerprint density at radius 3 is 2.72 bits per heavy atom. The van der Waals surface area contributed by atoms with Crippen molar-refractivity contribution in [3.8, 4) is 0 Å². The highest BCUT2D eigenvalue weighted by atomic mass is 19.1. The van der Waals surface area contributed by atoms with Gasteiger partial charge in [0, 0.05) is 44.1 Å². The van der Waals surface area contributed by atoms with E-state index in [9.17, 15) is 14.3 Å². The number of aryl methyl sites for hydroxylation is 1. The Morgan fingerprint density at radius 1 is 1.44 bits per heavy atom. The fourth-order valence-electron chi connectivity index (χ4n) is 2.24. The van der Waals surface area contributed by atoms with Gasteiger partial charge in [-0.3, -0.25) is 4.68 Å². The third-order valence-electron chi connectivity index (χ3n) is 3.93. The molecule has 0 saturated heterocycles. The molecule has 2 rings (SSSR count). The van der Waals surface area contributed by atoms with Gasteiger partial charge >= 0.3 is 6.03 Å². The Labute approximate surface area is 146 Å². The van der Waals surface area contributed by atoms with E-state index in [1.54, 1.807) is 30.1 Å². The second-order valence-electron chi connectivity index (χ2n) is 6.17. The molecule has 0 radical (unpaired) electrons. The van der Waals surface area contributed by atoms with Gasteiger partial charge in [0.2, 0.25) is 0 Å². The van der Waals surface area contributed by atoms with E-state index in [0.29, 0.717) is 16.9 Å². The van der Waals surface area contributed by atoms with Gasteiger partial charge in [-0.1, -0.05) is 0 Å². The van der Waals surface area contributed by atoms with Crippen LogP contribution in [-0.4, -0.2) is 40.6 Å². The summed E-state index contributed by atoms with van der Waals surface area (Å²) >= 11 is 0. The van der Waals surface area contributed by atoms with Gasteiger partial charge in [0.05, 0.1) is 18.0 Å². The first-order valence-electron chi connectivity index (χ1n) is 8.01. The van der Waals surface area contributed by atoms with E-state index in [0.717, 1.165) is 0 Å². The molecule has 0 unspecified atom stereocenters. The number of amides is 2. The quantitative estimate of drug-likeness (QED) is 0.747. The Balaban J connectivity index is 1.91. The molecule has 136 valence electrons. The van der Waals surface area contributed by atoms with Crippen LogP contribution in [0.15, 0.2) is 30.6 Å². The highest BCUT2D eigenvalue weighted by Gasteiger charge is 2.13. The Morgan fingerprint density at radius 2 is 2.16 bits per heavy atom. The van der Waals surface area contributed by atoms with E-state index >= 15 is 0 Å². The van der Waals surface area contributed by atoms with Crippen molar-refractivity contribution in [2.24, 2.45) is 7.05 Å². The smallest absolute Gasteiger partial charge is 0.319 e. The highest BCUT2D eigenvalue weighted by molar-refractivity contribution is 5.89. The summed E-state index contributed by atoms with van der Waals surface area (Å²) in [5.74, 6) is -0.413. The lowest BCUT2D eigenvalue weighted by atomic mass is 10.2. The van der Waals surface area contributed by atoms with Gasteiger partial charge in [-0.05, 0) is 32.0 Å². The number of hydrogen-bond acceptors (Lipinski definition) is 4. The van der Waals surface area contributed by atoms with Crippen LogP contribution in [0, 0.1) is 5.82 Å². The molecule has 0 aliphatic carbocycles. The van der Waals surface area contributed by atoms with Gasteiger partial charge in [-0.25, -0.2) is 9.18 Å². The Hall–Kier alpha value is -2.61. The minimum atomic E-state index is -0.863. The molecule has 0 spiro atoms. The summed E-state index contributed by atoms with van der Waals surface area (Å²) in [5.41, 5.74) is 1.41. The SMILES string of the molecule is CC(C)N(C)c1ccc(NC(=O)NC[C@H](O)c2cnn(C)c2)cc1F. The van der Waals surface area contributed by atoms with Crippen LogP contribution in [-0.2, 0) is 7.05 Å². The number of aliphatic hydroxyl groups excluding tert-OH is 1. The molecule has 2 aromatic rings. The van der Waals surface area contributed by atoms with Crippen molar-refractivity contribution in [1.29, 1.82) is 0 Å². The standard InChI is InChI=1S/C17H24FN5O2/c1-11(2)23(4)15-6-5-13(7-14(15)18)21-17(25)19-9-16(24)12-8-20-22(3)10-12/h5-8,10-11,16,24H,9H2,1-4H3,(H2,19,21,25)/t16-/m0/s1. The summed E-state index contributed by atoms with van der Waals surface area (Å²) in [6.07, 6.45) is 2.34. The fourth-order valence-corrected chi connectivity index (χ4v) is 2.24. The number of rotatable bonds is 6. The molecule has 0 fully saturated rings. The molecular weight excluding hydrogens is 325 g/mol. The lowest BCUT2D eigenvalue weighted by molar-refractivity contribution is 0.175. The molecule has 1 atom stereocenters. The number of aromatic nitrogens is 2. The second kappa shape index (κ2) is 7.98. The van der Waals surface area contributed by atoms with Gasteiger partial charge in [-0.15, -0.1) is 0 Å². The molecule has 0 saturated carbocycles. The van der Waals surface area contributed by atoms with Gasteiger partial charge in [0.25, 0.3) is 0 Å². The number of halogens is 1. The predicted octanol–water partition coefficient (Wildman–Crippen LogP) is 2.26.